The molecule has 0 aromatic heterocycles. The van der Waals surface area contributed by atoms with E-state index < -0.39 is 27.7 Å². The summed E-state index contributed by atoms with van der Waals surface area (Å²) in [6, 6.07) is 13.4. The number of nitrogens with zero attached hydrogens (tertiary/aromatic N) is 3. The molecule has 2 saturated heterocycles. The number of piperazine rings is 1. The second-order valence-electron chi connectivity index (χ2n) is 8.38. The van der Waals surface area contributed by atoms with Gasteiger partial charge in [0, 0.05) is 45.0 Å². The zero-order chi connectivity index (χ0) is 23.6. The number of hydrogen-bond donors (Lipinski definition) is 0. The summed E-state index contributed by atoms with van der Waals surface area (Å²) in [5, 5.41) is 0. The standard InChI is InChI=1S/C23H26F3N3O3S/c24-23(25,26)19-7-4-8-20(16-19)27-12-14-28(15-13-27)22(30)18-6-5-11-29(17-18)33(31,32)21-9-2-1-3-10-21/h1-4,7-10,16,18H,5-6,11-15,17H2. The van der Waals surface area contributed by atoms with Crippen molar-refractivity contribution in [3.63, 3.8) is 0 Å². The number of rotatable bonds is 4. The van der Waals surface area contributed by atoms with E-state index in [9.17, 15) is 26.4 Å². The van der Waals surface area contributed by atoms with Gasteiger partial charge >= 0.3 is 6.18 Å². The van der Waals surface area contributed by atoms with Gasteiger partial charge in [0.1, 0.15) is 0 Å². The van der Waals surface area contributed by atoms with Crippen LogP contribution in [0.15, 0.2) is 59.5 Å². The topological polar surface area (TPSA) is 60.9 Å². The Morgan fingerprint density at radius 1 is 0.909 bits per heavy atom. The molecule has 1 amide bonds. The predicted octanol–water partition coefficient (Wildman–Crippen LogP) is 3.45. The van der Waals surface area contributed by atoms with E-state index in [0.29, 0.717) is 51.3 Å². The van der Waals surface area contributed by atoms with E-state index in [1.807, 2.05) is 4.90 Å². The molecule has 1 atom stereocenters. The molecule has 0 saturated carbocycles. The summed E-state index contributed by atoms with van der Waals surface area (Å²) in [4.78, 5) is 16.9. The van der Waals surface area contributed by atoms with Crippen LogP contribution in [0.4, 0.5) is 18.9 Å². The average molecular weight is 482 g/mol. The van der Waals surface area contributed by atoms with Crippen molar-refractivity contribution in [1.29, 1.82) is 0 Å². The van der Waals surface area contributed by atoms with Gasteiger partial charge in [0.15, 0.2) is 0 Å². The molecule has 2 fully saturated rings. The van der Waals surface area contributed by atoms with Gasteiger partial charge in [-0.2, -0.15) is 17.5 Å². The molecule has 4 rings (SSSR count). The summed E-state index contributed by atoms with van der Waals surface area (Å²) in [6.45, 7) is 2.14. The molecule has 2 aromatic rings. The highest BCUT2D eigenvalue weighted by atomic mass is 32.2. The van der Waals surface area contributed by atoms with Crippen molar-refractivity contribution in [2.45, 2.75) is 23.9 Å². The van der Waals surface area contributed by atoms with Crippen LogP contribution >= 0.6 is 0 Å². The minimum Gasteiger partial charge on any atom is -0.368 e. The summed E-state index contributed by atoms with van der Waals surface area (Å²) < 4.78 is 66.3. The van der Waals surface area contributed by atoms with Crippen LogP contribution in [0.3, 0.4) is 0 Å². The van der Waals surface area contributed by atoms with Crippen LogP contribution in [-0.2, 0) is 21.0 Å². The van der Waals surface area contributed by atoms with Crippen LogP contribution in [0.5, 0.6) is 0 Å². The van der Waals surface area contributed by atoms with Crippen molar-refractivity contribution in [3.8, 4) is 0 Å². The molecule has 0 radical (unpaired) electrons. The Balaban J connectivity index is 1.38. The number of alkyl halides is 3. The summed E-state index contributed by atoms with van der Waals surface area (Å²) in [5.41, 5.74) is -0.213. The molecule has 0 spiro atoms. The third-order valence-corrected chi connectivity index (χ3v) is 8.12. The number of carbonyl (C=O) groups excluding carboxylic acids is 1. The smallest absolute Gasteiger partial charge is 0.368 e. The number of sulfonamides is 1. The number of anilines is 1. The fourth-order valence-electron chi connectivity index (χ4n) is 4.43. The highest BCUT2D eigenvalue weighted by Gasteiger charge is 2.36. The molecule has 2 heterocycles. The van der Waals surface area contributed by atoms with Gasteiger partial charge in [-0.15, -0.1) is 0 Å². The largest absolute Gasteiger partial charge is 0.416 e. The fourth-order valence-corrected chi connectivity index (χ4v) is 5.97. The predicted molar refractivity (Wildman–Crippen MR) is 118 cm³/mol. The third-order valence-electron chi connectivity index (χ3n) is 6.24. The molecule has 33 heavy (non-hydrogen) atoms. The van der Waals surface area contributed by atoms with Gasteiger partial charge in [0.05, 0.1) is 16.4 Å². The Kier molecular flexibility index (Phi) is 6.67. The van der Waals surface area contributed by atoms with Crippen LogP contribution in [0.25, 0.3) is 0 Å². The first-order chi connectivity index (χ1) is 15.7. The molecule has 2 aliphatic heterocycles. The lowest BCUT2D eigenvalue weighted by Crippen LogP contribution is -2.53. The van der Waals surface area contributed by atoms with E-state index in [4.69, 9.17) is 0 Å². The third kappa shape index (κ3) is 5.16. The maximum absolute atomic E-state index is 13.1. The Bertz CT molecular complexity index is 1080. The first-order valence-electron chi connectivity index (χ1n) is 10.9. The van der Waals surface area contributed by atoms with E-state index in [2.05, 4.69) is 0 Å². The highest BCUT2D eigenvalue weighted by Crippen LogP contribution is 2.32. The van der Waals surface area contributed by atoms with Gasteiger partial charge in [-0.3, -0.25) is 4.79 Å². The second-order valence-corrected chi connectivity index (χ2v) is 10.3. The van der Waals surface area contributed by atoms with Gasteiger partial charge < -0.3 is 9.80 Å². The van der Waals surface area contributed by atoms with Crippen molar-refractivity contribution in [1.82, 2.24) is 9.21 Å². The maximum Gasteiger partial charge on any atom is 0.416 e. The number of halogens is 3. The lowest BCUT2D eigenvalue weighted by molar-refractivity contribution is -0.137. The summed E-state index contributed by atoms with van der Waals surface area (Å²) in [5.74, 6) is -0.510. The lowest BCUT2D eigenvalue weighted by Gasteiger charge is -2.39. The zero-order valence-electron chi connectivity index (χ0n) is 18.0. The van der Waals surface area contributed by atoms with Crippen molar-refractivity contribution < 1.29 is 26.4 Å². The normalized spacial score (nSPS) is 20.6. The molecular formula is C23H26F3N3O3S. The Morgan fingerprint density at radius 3 is 2.27 bits per heavy atom. The Labute approximate surface area is 191 Å². The first-order valence-corrected chi connectivity index (χ1v) is 12.4. The number of carbonyl (C=O) groups is 1. The molecule has 2 aromatic carbocycles. The van der Waals surface area contributed by atoms with Gasteiger partial charge in [0.25, 0.3) is 0 Å². The SMILES string of the molecule is O=C(C1CCCN(S(=O)(=O)c2ccccc2)C1)N1CCN(c2cccc(C(F)(F)F)c2)CC1. The Morgan fingerprint density at radius 2 is 1.61 bits per heavy atom. The van der Waals surface area contributed by atoms with Gasteiger partial charge in [-0.25, -0.2) is 8.42 Å². The van der Waals surface area contributed by atoms with E-state index in [0.717, 1.165) is 12.1 Å². The van der Waals surface area contributed by atoms with Crippen LogP contribution < -0.4 is 4.90 Å². The van der Waals surface area contributed by atoms with Crippen molar-refractivity contribution in [2.75, 3.05) is 44.2 Å². The van der Waals surface area contributed by atoms with Crippen molar-refractivity contribution in [3.05, 3.63) is 60.2 Å². The molecule has 10 heteroatoms. The minimum atomic E-state index is -4.40. The molecule has 0 N–H and O–H groups in total. The molecular weight excluding hydrogens is 455 g/mol. The first kappa shape index (κ1) is 23.6. The van der Waals surface area contributed by atoms with Crippen LogP contribution in [0.1, 0.15) is 18.4 Å². The Hall–Kier alpha value is -2.59. The second kappa shape index (κ2) is 9.34. The van der Waals surface area contributed by atoms with Gasteiger partial charge in [-0.1, -0.05) is 24.3 Å². The number of benzene rings is 2. The van der Waals surface area contributed by atoms with Gasteiger partial charge in [0.2, 0.25) is 15.9 Å². The highest BCUT2D eigenvalue weighted by molar-refractivity contribution is 7.89. The average Bonchev–Trinajstić information content (AvgIpc) is 2.84. The molecule has 0 aliphatic carbocycles. The van der Waals surface area contributed by atoms with E-state index >= 15 is 0 Å². The number of piperidine rings is 1. The molecule has 6 nitrogen and oxygen atoms in total. The van der Waals surface area contributed by atoms with Crippen LogP contribution in [0.2, 0.25) is 0 Å². The van der Waals surface area contributed by atoms with Crippen LogP contribution in [-0.4, -0.2) is 62.8 Å². The molecule has 0 bridgehead atoms. The molecule has 1 unspecified atom stereocenters. The van der Waals surface area contributed by atoms with Crippen molar-refractivity contribution in [2.24, 2.45) is 5.92 Å². The lowest BCUT2D eigenvalue weighted by atomic mass is 9.97. The van der Waals surface area contributed by atoms with Crippen LogP contribution in [0, 0.1) is 5.92 Å². The van der Waals surface area contributed by atoms with Crippen molar-refractivity contribution >= 4 is 21.6 Å². The maximum atomic E-state index is 13.1. The summed E-state index contributed by atoms with van der Waals surface area (Å²) in [7, 11) is -3.66. The number of hydrogen-bond acceptors (Lipinski definition) is 4. The van der Waals surface area contributed by atoms with Gasteiger partial charge in [-0.05, 0) is 43.2 Å². The molecule has 178 valence electrons. The monoisotopic (exact) mass is 481 g/mol. The molecule has 2 aliphatic rings. The van der Waals surface area contributed by atoms with E-state index in [1.54, 1.807) is 41.3 Å². The quantitative estimate of drug-likeness (QED) is 0.671. The summed E-state index contributed by atoms with van der Waals surface area (Å²) in [6.07, 6.45) is -3.18. The zero-order valence-corrected chi connectivity index (χ0v) is 18.9. The number of amides is 1. The fraction of sp³-hybridized carbons (Fsp3) is 0.435. The minimum absolute atomic E-state index is 0.0911. The van der Waals surface area contributed by atoms with E-state index in [1.165, 1.54) is 10.4 Å². The summed E-state index contributed by atoms with van der Waals surface area (Å²) >= 11 is 0. The van der Waals surface area contributed by atoms with E-state index in [-0.39, 0.29) is 17.3 Å².